The highest BCUT2D eigenvalue weighted by Gasteiger charge is 2.74. The van der Waals surface area contributed by atoms with E-state index in [4.69, 9.17) is 18.9 Å². The number of benzene rings is 2. The molecule has 0 unspecified atom stereocenters. The number of fused-ring (bicyclic) bond motifs is 1. The van der Waals surface area contributed by atoms with Gasteiger partial charge in [-0.3, -0.25) is 14.5 Å². The maximum atomic E-state index is 14.2. The molecule has 2 aliphatic heterocycles. The molecule has 2 aliphatic rings. The van der Waals surface area contributed by atoms with Crippen LogP contribution in [0.5, 0.6) is 0 Å². The number of ether oxygens (including phenoxy) is 4. The molecule has 11 nitrogen and oxygen atoms in total. The number of methoxy groups -OCH3 is 2. The normalized spacial score (nSPS) is 25.1. The summed E-state index contributed by atoms with van der Waals surface area (Å²) in [5.41, 5.74) is -0.684. The first-order chi connectivity index (χ1) is 20.6. The van der Waals surface area contributed by atoms with Gasteiger partial charge < -0.3 is 24.3 Å². The highest BCUT2D eigenvalue weighted by atomic mass is 32.2. The molecule has 2 amide bonds. The third kappa shape index (κ3) is 5.47. The van der Waals surface area contributed by atoms with Crippen molar-refractivity contribution < 1.29 is 41.7 Å². The summed E-state index contributed by atoms with van der Waals surface area (Å²) in [4.78, 5) is 42.8. The number of hydrogen-bond donors (Lipinski definition) is 1. The van der Waals surface area contributed by atoms with Crippen LogP contribution < -0.4 is 5.32 Å². The Labute approximate surface area is 253 Å². The van der Waals surface area contributed by atoms with E-state index < -0.39 is 69.7 Å². The van der Waals surface area contributed by atoms with E-state index in [-0.39, 0.29) is 6.42 Å². The van der Waals surface area contributed by atoms with Gasteiger partial charge in [-0.15, -0.1) is 11.3 Å². The molecule has 3 heterocycles. The number of esters is 1. The molecule has 1 N–H and O–H groups in total. The van der Waals surface area contributed by atoms with Crippen LogP contribution in [0.3, 0.4) is 0 Å². The number of nitrogens with zero attached hydrogens (tertiary/aromatic N) is 1. The van der Waals surface area contributed by atoms with Gasteiger partial charge >= 0.3 is 5.97 Å². The van der Waals surface area contributed by atoms with Crippen LogP contribution in [0, 0.1) is 0 Å². The first-order valence-corrected chi connectivity index (χ1v) is 16.2. The summed E-state index contributed by atoms with van der Waals surface area (Å²) in [5.74, 6) is -2.33. The lowest BCUT2D eigenvalue weighted by molar-refractivity contribution is -0.291. The van der Waals surface area contributed by atoms with E-state index in [0.717, 1.165) is 16.0 Å². The van der Waals surface area contributed by atoms with E-state index >= 15 is 0 Å². The molecule has 5 rings (SSSR count). The number of carbonyl (C=O) groups is 3. The summed E-state index contributed by atoms with van der Waals surface area (Å²) < 4.78 is 47.6. The molecule has 1 aromatic heterocycles. The van der Waals surface area contributed by atoms with Gasteiger partial charge in [0, 0.05) is 25.4 Å². The number of rotatable bonds is 11. The van der Waals surface area contributed by atoms with Crippen molar-refractivity contribution in [3.8, 4) is 0 Å². The molecular formula is C30H32N2O9S2. The van der Waals surface area contributed by atoms with Gasteiger partial charge in [0.05, 0.1) is 19.6 Å². The van der Waals surface area contributed by atoms with E-state index in [9.17, 15) is 22.8 Å². The van der Waals surface area contributed by atoms with Crippen molar-refractivity contribution in [3.63, 3.8) is 0 Å². The molecule has 13 heteroatoms. The zero-order valence-electron chi connectivity index (χ0n) is 23.8. The summed E-state index contributed by atoms with van der Waals surface area (Å²) in [6.07, 6.45) is -1.28. The number of hydrogen-bond acceptors (Lipinski definition) is 10. The van der Waals surface area contributed by atoms with Crippen molar-refractivity contribution in [2.24, 2.45) is 0 Å². The smallest absolute Gasteiger partial charge is 0.331 e. The van der Waals surface area contributed by atoms with Gasteiger partial charge in [0.25, 0.3) is 11.6 Å². The highest BCUT2D eigenvalue weighted by Crippen LogP contribution is 2.45. The molecule has 0 bridgehead atoms. The van der Waals surface area contributed by atoms with Crippen molar-refractivity contribution in [3.05, 3.63) is 94.2 Å². The van der Waals surface area contributed by atoms with Crippen LogP contribution >= 0.6 is 11.3 Å². The summed E-state index contributed by atoms with van der Waals surface area (Å²) >= 11 is 1.38. The lowest BCUT2D eigenvalue weighted by Crippen LogP contribution is -2.89. The third-order valence-electron chi connectivity index (χ3n) is 7.77. The van der Waals surface area contributed by atoms with Gasteiger partial charge in [-0.05, 0) is 22.6 Å². The van der Waals surface area contributed by atoms with Crippen molar-refractivity contribution >= 4 is 39.0 Å². The van der Waals surface area contributed by atoms with Crippen LogP contribution in [0.25, 0.3) is 0 Å². The first-order valence-electron chi connectivity index (χ1n) is 13.4. The van der Waals surface area contributed by atoms with E-state index in [2.05, 4.69) is 5.32 Å². The SMILES string of the molecule is COC[C@@]1(S(C)(=O)=O)CO[C@H]2N(C(=O)[C@]2(NC(=O)Cc2cccs2)OC)[C@H]1C(=O)OC(c1ccccc1)c1ccccc1. The molecule has 2 saturated heterocycles. The Morgan fingerprint density at radius 1 is 1.05 bits per heavy atom. The zero-order chi connectivity index (χ0) is 30.8. The van der Waals surface area contributed by atoms with E-state index in [0.29, 0.717) is 11.1 Å². The largest absolute Gasteiger partial charge is 0.451 e. The van der Waals surface area contributed by atoms with E-state index in [1.807, 2.05) is 17.5 Å². The van der Waals surface area contributed by atoms with Crippen LogP contribution in [0.15, 0.2) is 78.2 Å². The Bertz CT molecular complexity index is 1530. The number of amides is 2. The molecule has 0 saturated carbocycles. The van der Waals surface area contributed by atoms with Crippen molar-refractivity contribution in [1.82, 2.24) is 10.2 Å². The monoisotopic (exact) mass is 628 g/mol. The Kier molecular flexibility index (Phi) is 8.72. The van der Waals surface area contributed by atoms with Gasteiger partial charge in [-0.25, -0.2) is 13.2 Å². The van der Waals surface area contributed by atoms with Crippen LogP contribution in [0.2, 0.25) is 0 Å². The van der Waals surface area contributed by atoms with Crippen LogP contribution in [-0.4, -0.2) is 87.5 Å². The van der Waals surface area contributed by atoms with Gasteiger partial charge in [0.15, 0.2) is 28.2 Å². The molecule has 0 spiro atoms. The van der Waals surface area contributed by atoms with Crippen LogP contribution in [-0.2, 0) is 49.6 Å². The number of carbonyl (C=O) groups excluding carboxylic acids is 3. The van der Waals surface area contributed by atoms with Crippen LogP contribution in [0.4, 0.5) is 0 Å². The average Bonchev–Trinajstić information content (AvgIpc) is 3.51. The van der Waals surface area contributed by atoms with Gasteiger partial charge in [-0.2, -0.15) is 0 Å². The Hall–Kier alpha value is -3.62. The molecule has 0 radical (unpaired) electrons. The lowest BCUT2D eigenvalue weighted by atomic mass is 9.86. The van der Waals surface area contributed by atoms with Crippen molar-refractivity contribution in [2.45, 2.75) is 35.3 Å². The first kappa shape index (κ1) is 30.8. The predicted octanol–water partition coefficient (Wildman–Crippen LogP) is 2.08. The summed E-state index contributed by atoms with van der Waals surface area (Å²) in [6, 6.07) is 19.8. The zero-order valence-corrected chi connectivity index (χ0v) is 25.4. The molecule has 3 aromatic rings. The molecule has 0 aliphatic carbocycles. The Morgan fingerprint density at radius 2 is 1.67 bits per heavy atom. The summed E-state index contributed by atoms with van der Waals surface area (Å²) in [6.45, 7) is -0.991. The lowest BCUT2D eigenvalue weighted by Gasteiger charge is -2.61. The molecule has 4 atom stereocenters. The minimum atomic E-state index is -4.13. The second kappa shape index (κ2) is 12.2. The maximum absolute atomic E-state index is 14.2. The van der Waals surface area contributed by atoms with Gasteiger partial charge in [0.2, 0.25) is 5.91 Å². The predicted molar refractivity (Wildman–Crippen MR) is 157 cm³/mol. The standard InChI is InChI=1S/C30H32N2O9S2/c1-38-18-29(43(3,36)37)19-40-28-30(39-2,31-23(33)17-22-15-10-16-42-22)27(35)32(28)25(29)26(34)41-24(20-11-6-4-7-12-20)21-13-8-5-9-14-21/h4-16,24-25,28H,17-19H2,1-3H3,(H,31,33)/t25-,28+,29+,30-/m0/s1. The topological polar surface area (TPSA) is 138 Å². The second-order valence-corrected chi connectivity index (χ2v) is 13.8. The summed E-state index contributed by atoms with van der Waals surface area (Å²) in [5, 5.41) is 4.44. The van der Waals surface area contributed by atoms with Crippen molar-refractivity contribution in [2.75, 3.05) is 33.7 Å². The number of β-lactam (4-membered cyclic amide) rings is 1. The minimum Gasteiger partial charge on any atom is -0.451 e. The quantitative estimate of drug-likeness (QED) is 0.192. The third-order valence-corrected chi connectivity index (χ3v) is 10.6. The number of sulfone groups is 1. The van der Waals surface area contributed by atoms with Crippen molar-refractivity contribution in [1.29, 1.82) is 0 Å². The number of nitrogens with one attached hydrogen (secondary N) is 1. The Balaban J connectivity index is 1.52. The van der Waals surface area contributed by atoms with Gasteiger partial charge in [-0.1, -0.05) is 66.7 Å². The van der Waals surface area contributed by atoms with Gasteiger partial charge in [0.1, 0.15) is 4.75 Å². The molecule has 2 aromatic carbocycles. The molecule has 43 heavy (non-hydrogen) atoms. The average molecular weight is 629 g/mol. The summed E-state index contributed by atoms with van der Waals surface area (Å²) in [7, 11) is -1.61. The molecule has 228 valence electrons. The maximum Gasteiger partial charge on any atom is 0.331 e. The fraction of sp³-hybridized carbons (Fsp3) is 0.367. The van der Waals surface area contributed by atoms with E-state index in [1.54, 1.807) is 60.7 Å². The highest BCUT2D eigenvalue weighted by molar-refractivity contribution is 7.92. The molecular weight excluding hydrogens is 596 g/mol. The van der Waals surface area contributed by atoms with Crippen LogP contribution in [0.1, 0.15) is 22.1 Å². The Morgan fingerprint density at radius 3 is 2.19 bits per heavy atom. The number of thiophene rings is 1. The van der Waals surface area contributed by atoms with E-state index in [1.165, 1.54) is 25.6 Å². The fourth-order valence-electron chi connectivity index (χ4n) is 5.59. The molecule has 2 fully saturated rings. The minimum absolute atomic E-state index is 0.0129. The second-order valence-electron chi connectivity index (χ2n) is 10.4. The fourth-order valence-corrected chi connectivity index (χ4v) is 7.52.